The molecule has 0 bridgehead atoms. The van der Waals surface area contributed by atoms with Crippen LogP contribution in [0, 0.1) is 17.2 Å². The molecule has 1 saturated carbocycles. The van der Waals surface area contributed by atoms with Gasteiger partial charge in [0.15, 0.2) is 0 Å². The summed E-state index contributed by atoms with van der Waals surface area (Å²) in [6.45, 7) is 0.740. The van der Waals surface area contributed by atoms with E-state index in [1.165, 1.54) is 19.3 Å². The summed E-state index contributed by atoms with van der Waals surface area (Å²) in [4.78, 5) is 17.5. The highest BCUT2D eigenvalue weighted by molar-refractivity contribution is 6.05. The second-order valence-electron chi connectivity index (χ2n) is 5.46. The molecule has 1 N–H and O–H groups in total. The molecule has 2 aromatic rings. The fraction of sp³-hybridized carbons (Fsp3) is 0.294. The Balaban J connectivity index is 1.87. The van der Waals surface area contributed by atoms with E-state index in [0.29, 0.717) is 17.2 Å². The molecule has 0 unspecified atom stereocenters. The predicted molar refractivity (Wildman–Crippen MR) is 81.0 cm³/mol. The average Bonchev–Trinajstić information content (AvgIpc) is 2.95. The van der Waals surface area contributed by atoms with Gasteiger partial charge in [-0.1, -0.05) is 24.6 Å². The summed E-state index contributed by atoms with van der Waals surface area (Å²) in [5.74, 6) is 0.508. The number of nitriles is 1. The summed E-state index contributed by atoms with van der Waals surface area (Å²) in [6, 6.07) is 13.4. The Kier molecular flexibility index (Phi) is 3.74. The second-order valence-corrected chi connectivity index (χ2v) is 5.46. The van der Waals surface area contributed by atoms with E-state index in [9.17, 15) is 4.79 Å². The fourth-order valence-corrected chi connectivity index (χ4v) is 2.57. The van der Waals surface area contributed by atoms with Crippen molar-refractivity contribution in [2.24, 2.45) is 5.92 Å². The Labute approximate surface area is 124 Å². The molecule has 1 aliphatic rings. The molecule has 0 radical (unpaired) electrons. The molecule has 1 amide bonds. The van der Waals surface area contributed by atoms with Crippen LogP contribution in [0.1, 0.15) is 35.3 Å². The summed E-state index contributed by atoms with van der Waals surface area (Å²) in [7, 11) is 0. The first-order valence-electron chi connectivity index (χ1n) is 7.23. The summed E-state index contributed by atoms with van der Waals surface area (Å²) in [5.41, 5.74) is 1.85. The molecular weight excluding hydrogens is 262 g/mol. The molecule has 21 heavy (non-hydrogen) atoms. The Bertz CT molecular complexity index is 665. The van der Waals surface area contributed by atoms with Crippen LogP contribution in [-0.4, -0.2) is 17.4 Å². The number of benzene rings is 1. The van der Waals surface area contributed by atoms with E-state index in [4.69, 9.17) is 5.26 Å². The molecule has 3 rings (SSSR count). The zero-order valence-electron chi connectivity index (χ0n) is 11.7. The number of aromatic nitrogens is 1. The van der Waals surface area contributed by atoms with E-state index in [1.54, 1.807) is 12.3 Å². The van der Waals surface area contributed by atoms with Gasteiger partial charge in [-0.3, -0.25) is 4.79 Å². The van der Waals surface area contributed by atoms with Crippen LogP contribution in [0.4, 0.5) is 5.69 Å². The van der Waals surface area contributed by atoms with E-state index in [-0.39, 0.29) is 5.91 Å². The topological polar surface area (TPSA) is 59.9 Å². The first-order chi connectivity index (χ1) is 10.3. The van der Waals surface area contributed by atoms with Gasteiger partial charge in [-0.05, 0) is 37.0 Å². The number of aromatic amines is 1. The Morgan fingerprint density at radius 2 is 2.10 bits per heavy atom. The first kappa shape index (κ1) is 13.4. The number of nitrogens with one attached hydrogen (secondary N) is 1. The van der Waals surface area contributed by atoms with Gasteiger partial charge in [-0.25, -0.2) is 0 Å². The quantitative estimate of drug-likeness (QED) is 0.933. The molecule has 0 saturated heterocycles. The number of para-hydroxylation sites is 1. The molecule has 0 spiro atoms. The SMILES string of the molecule is N#Cc1c[nH]c(C(=O)N(CC2CCC2)c2ccccc2)c1. The van der Waals surface area contributed by atoms with Crippen molar-refractivity contribution >= 4 is 11.6 Å². The minimum absolute atomic E-state index is 0.0744. The van der Waals surface area contributed by atoms with Crippen LogP contribution in [0.5, 0.6) is 0 Å². The summed E-state index contributed by atoms with van der Waals surface area (Å²) >= 11 is 0. The van der Waals surface area contributed by atoms with Crippen LogP contribution >= 0.6 is 0 Å². The van der Waals surface area contributed by atoms with Crippen molar-refractivity contribution in [3.63, 3.8) is 0 Å². The van der Waals surface area contributed by atoms with Gasteiger partial charge in [-0.2, -0.15) is 5.26 Å². The highest BCUT2D eigenvalue weighted by Gasteiger charge is 2.26. The lowest BCUT2D eigenvalue weighted by atomic mass is 9.85. The average molecular weight is 279 g/mol. The molecule has 1 fully saturated rings. The Morgan fingerprint density at radius 1 is 1.33 bits per heavy atom. The largest absolute Gasteiger partial charge is 0.356 e. The molecule has 1 aliphatic carbocycles. The summed E-state index contributed by atoms with van der Waals surface area (Å²) < 4.78 is 0. The summed E-state index contributed by atoms with van der Waals surface area (Å²) in [5, 5.41) is 8.89. The van der Waals surface area contributed by atoms with Crippen molar-refractivity contribution in [2.75, 3.05) is 11.4 Å². The number of hydrogen-bond acceptors (Lipinski definition) is 2. The third kappa shape index (κ3) is 2.82. The lowest BCUT2D eigenvalue weighted by molar-refractivity contribution is 0.0973. The van der Waals surface area contributed by atoms with Gasteiger partial charge in [-0.15, -0.1) is 0 Å². The normalized spacial score (nSPS) is 14.2. The molecule has 1 aromatic heterocycles. The van der Waals surface area contributed by atoms with Gasteiger partial charge < -0.3 is 9.88 Å². The van der Waals surface area contributed by atoms with Crippen molar-refractivity contribution in [3.8, 4) is 6.07 Å². The minimum atomic E-state index is -0.0744. The van der Waals surface area contributed by atoms with E-state index >= 15 is 0 Å². The number of H-pyrrole nitrogens is 1. The minimum Gasteiger partial charge on any atom is -0.356 e. The first-order valence-corrected chi connectivity index (χ1v) is 7.23. The smallest absolute Gasteiger partial charge is 0.274 e. The highest BCUT2D eigenvalue weighted by atomic mass is 16.2. The van der Waals surface area contributed by atoms with Crippen molar-refractivity contribution in [1.29, 1.82) is 5.26 Å². The molecule has 1 heterocycles. The van der Waals surface area contributed by atoms with Crippen LogP contribution in [-0.2, 0) is 0 Å². The van der Waals surface area contributed by atoms with E-state index < -0.39 is 0 Å². The van der Waals surface area contributed by atoms with E-state index in [0.717, 1.165) is 12.2 Å². The van der Waals surface area contributed by atoms with E-state index in [1.807, 2.05) is 41.3 Å². The monoisotopic (exact) mass is 279 g/mol. The van der Waals surface area contributed by atoms with Crippen molar-refractivity contribution < 1.29 is 4.79 Å². The van der Waals surface area contributed by atoms with Crippen LogP contribution < -0.4 is 4.90 Å². The van der Waals surface area contributed by atoms with Gasteiger partial charge in [0.2, 0.25) is 0 Å². The molecule has 0 aliphatic heterocycles. The van der Waals surface area contributed by atoms with Gasteiger partial charge in [0.25, 0.3) is 5.91 Å². The highest BCUT2D eigenvalue weighted by Crippen LogP contribution is 2.29. The van der Waals surface area contributed by atoms with Crippen LogP contribution in [0.15, 0.2) is 42.6 Å². The number of anilines is 1. The van der Waals surface area contributed by atoms with Gasteiger partial charge in [0.05, 0.1) is 5.56 Å². The number of carbonyl (C=O) groups excluding carboxylic acids is 1. The third-order valence-corrected chi connectivity index (χ3v) is 4.02. The van der Waals surface area contributed by atoms with Gasteiger partial charge in [0, 0.05) is 18.4 Å². The number of carbonyl (C=O) groups is 1. The molecule has 4 nitrogen and oxygen atoms in total. The Morgan fingerprint density at radius 3 is 2.67 bits per heavy atom. The molecule has 1 aromatic carbocycles. The third-order valence-electron chi connectivity index (χ3n) is 4.02. The van der Waals surface area contributed by atoms with E-state index in [2.05, 4.69) is 4.98 Å². The lowest BCUT2D eigenvalue weighted by Crippen LogP contribution is -2.37. The molecule has 4 heteroatoms. The van der Waals surface area contributed by atoms with Gasteiger partial charge >= 0.3 is 0 Å². The van der Waals surface area contributed by atoms with Crippen LogP contribution in [0.2, 0.25) is 0 Å². The standard InChI is InChI=1S/C17H17N3O/c18-10-14-9-16(19-11-14)17(21)20(12-13-5-4-6-13)15-7-2-1-3-8-15/h1-3,7-9,11,13,19H,4-6,12H2. The van der Waals surface area contributed by atoms with Gasteiger partial charge in [0.1, 0.15) is 11.8 Å². The zero-order valence-corrected chi connectivity index (χ0v) is 11.7. The zero-order chi connectivity index (χ0) is 14.7. The Hall–Kier alpha value is -2.54. The second kappa shape index (κ2) is 5.84. The number of amides is 1. The number of hydrogen-bond donors (Lipinski definition) is 1. The predicted octanol–water partition coefficient (Wildman–Crippen LogP) is 3.33. The van der Waals surface area contributed by atoms with Crippen molar-refractivity contribution in [1.82, 2.24) is 4.98 Å². The maximum absolute atomic E-state index is 12.7. The maximum atomic E-state index is 12.7. The molecule has 0 atom stereocenters. The number of rotatable bonds is 4. The fourth-order valence-electron chi connectivity index (χ4n) is 2.57. The summed E-state index contributed by atoms with van der Waals surface area (Å²) in [6.07, 6.45) is 5.19. The van der Waals surface area contributed by atoms with Crippen molar-refractivity contribution in [3.05, 3.63) is 53.9 Å². The van der Waals surface area contributed by atoms with Crippen LogP contribution in [0.3, 0.4) is 0 Å². The van der Waals surface area contributed by atoms with Crippen molar-refractivity contribution in [2.45, 2.75) is 19.3 Å². The number of nitrogens with zero attached hydrogens (tertiary/aromatic N) is 2. The molecule has 106 valence electrons. The lowest BCUT2D eigenvalue weighted by Gasteiger charge is -2.32. The van der Waals surface area contributed by atoms with Crippen LogP contribution in [0.25, 0.3) is 0 Å². The maximum Gasteiger partial charge on any atom is 0.274 e. The molecular formula is C17H17N3O.